The van der Waals surface area contributed by atoms with Crippen LogP contribution in [0.3, 0.4) is 0 Å². The minimum Gasteiger partial charge on any atom is -0.340 e. The zero-order valence-corrected chi connectivity index (χ0v) is 12.2. The first-order chi connectivity index (χ1) is 10.8. The number of aromatic nitrogens is 2. The third kappa shape index (κ3) is 2.19. The van der Waals surface area contributed by atoms with Gasteiger partial charge in [-0.15, -0.1) is 0 Å². The van der Waals surface area contributed by atoms with Gasteiger partial charge in [-0.1, -0.05) is 0 Å². The fourth-order valence-electron chi connectivity index (χ4n) is 2.36. The molecule has 3 heterocycles. The molecule has 3 aromatic rings. The van der Waals surface area contributed by atoms with Crippen molar-refractivity contribution >= 4 is 34.5 Å². The number of hydrogen-bond donors (Lipinski definition) is 1. The van der Waals surface area contributed by atoms with Crippen molar-refractivity contribution in [2.45, 2.75) is 0 Å². The van der Waals surface area contributed by atoms with Crippen LogP contribution in [0.4, 0.5) is 11.5 Å². The molecule has 0 atom stereocenters. The first kappa shape index (κ1) is 12.8. The SMILES string of the molecule is O=C1N=C(c2ccsc2)c2cc(Nc3ccncn3)ccc21. The fourth-order valence-corrected chi connectivity index (χ4v) is 3.00. The first-order valence-corrected chi connectivity index (χ1v) is 7.58. The zero-order valence-electron chi connectivity index (χ0n) is 11.4. The van der Waals surface area contributed by atoms with E-state index in [0.717, 1.165) is 22.5 Å². The van der Waals surface area contributed by atoms with E-state index in [1.807, 2.05) is 29.0 Å². The Bertz CT molecular complexity index is 872. The number of anilines is 2. The van der Waals surface area contributed by atoms with Crippen molar-refractivity contribution in [1.82, 2.24) is 9.97 Å². The maximum absolute atomic E-state index is 12.0. The molecule has 4 rings (SSSR count). The third-order valence-corrected chi connectivity index (χ3v) is 4.05. The Balaban J connectivity index is 1.73. The second-order valence-electron chi connectivity index (χ2n) is 4.76. The van der Waals surface area contributed by atoms with E-state index >= 15 is 0 Å². The minimum atomic E-state index is -0.190. The molecule has 1 amide bonds. The van der Waals surface area contributed by atoms with Gasteiger partial charge in [-0.2, -0.15) is 11.3 Å². The molecule has 6 heteroatoms. The summed E-state index contributed by atoms with van der Waals surface area (Å²) in [6, 6.07) is 9.33. The van der Waals surface area contributed by atoms with Crippen LogP contribution in [0.2, 0.25) is 0 Å². The van der Waals surface area contributed by atoms with Gasteiger partial charge in [0, 0.05) is 28.4 Å². The summed E-state index contributed by atoms with van der Waals surface area (Å²) in [7, 11) is 0. The molecular formula is C16H10N4OS. The molecule has 0 fully saturated rings. The van der Waals surface area contributed by atoms with Crippen molar-refractivity contribution in [3.8, 4) is 0 Å². The number of benzene rings is 1. The highest BCUT2D eigenvalue weighted by Crippen LogP contribution is 2.27. The Labute approximate surface area is 130 Å². The van der Waals surface area contributed by atoms with E-state index in [1.54, 1.807) is 29.7 Å². The number of carbonyl (C=O) groups excluding carboxylic acids is 1. The number of amides is 1. The van der Waals surface area contributed by atoms with E-state index in [1.165, 1.54) is 6.33 Å². The minimum absolute atomic E-state index is 0.190. The van der Waals surface area contributed by atoms with Gasteiger partial charge in [0.25, 0.3) is 5.91 Å². The lowest BCUT2D eigenvalue weighted by Crippen LogP contribution is -2.01. The molecular weight excluding hydrogens is 296 g/mol. The largest absolute Gasteiger partial charge is 0.340 e. The maximum atomic E-state index is 12.0. The van der Waals surface area contributed by atoms with Gasteiger partial charge in [-0.05, 0) is 35.7 Å². The summed E-state index contributed by atoms with van der Waals surface area (Å²) in [6.07, 6.45) is 3.15. The van der Waals surface area contributed by atoms with E-state index < -0.39 is 0 Å². The van der Waals surface area contributed by atoms with Gasteiger partial charge in [-0.25, -0.2) is 15.0 Å². The molecule has 1 N–H and O–H groups in total. The summed E-state index contributed by atoms with van der Waals surface area (Å²) >= 11 is 1.58. The molecule has 1 aliphatic rings. The first-order valence-electron chi connectivity index (χ1n) is 6.64. The molecule has 0 radical (unpaired) electrons. The van der Waals surface area contributed by atoms with Gasteiger partial charge in [0.05, 0.1) is 11.3 Å². The second kappa shape index (κ2) is 5.16. The lowest BCUT2D eigenvalue weighted by atomic mass is 10.0. The molecule has 2 aromatic heterocycles. The average Bonchev–Trinajstić information content (AvgIpc) is 3.17. The van der Waals surface area contributed by atoms with Crippen molar-refractivity contribution in [3.05, 3.63) is 70.3 Å². The molecule has 0 bridgehead atoms. The quantitative estimate of drug-likeness (QED) is 0.806. The summed E-state index contributed by atoms with van der Waals surface area (Å²) in [4.78, 5) is 24.2. The summed E-state index contributed by atoms with van der Waals surface area (Å²) in [6.45, 7) is 0. The van der Waals surface area contributed by atoms with Crippen LogP contribution in [0, 0.1) is 0 Å². The number of rotatable bonds is 3. The van der Waals surface area contributed by atoms with Crippen molar-refractivity contribution in [3.63, 3.8) is 0 Å². The van der Waals surface area contributed by atoms with Crippen LogP contribution in [-0.4, -0.2) is 21.6 Å². The van der Waals surface area contributed by atoms with E-state index in [4.69, 9.17) is 0 Å². The van der Waals surface area contributed by atoms with Crippen LogP contribution in [0.5, 0.6) is 0 Å². The molecule has 106 valence electrons. The van der Waals surface area contributed by atoms with Crippen LogP contribution in [0.1, 0.15) is 21.5 Å². The summed E-state index contributed by atoms with van der Waals surface area (Å²) in [5.74, 6) is 0.512. The van der Waals surface area contributed by atoms with Gasteiger partial charge in [0.2, 0.25) is 0 Å². The Morgan fingerprint density at radius 3 is 2.82 bits per heavy atom. The Morgan fingerprint density at radius 1 is 1.09 bits per heavy atom. The van der Waals surface area contributed by atoms with Gasteiger partial charge in [0.15, 0.2) is 0 Å². The monoisotopic (exact) mass is 306 g/mol. The van der Waals surface area contributed by atoms with Gasteiger partial charge >= 0.3 is 0 Å². The molecule has 0 saturated heterocycles. The number of carbonyl (C=O) groups is 1. The van der Waals surface area contributed by atoms with Crippen molar-refractivity contribution in [2.24, 2.45) is 4.99 Å². The number of nitrogens with one attached hydrogen (secondary N) is 1. The van der Waals surface area contributed by atoms with E-state index in [-0.39, 0.29) is 5.91 Å². The molecule has 0 unspecified atom stereocenters. The second-order valence-corrected chi connectivity index (χ2v) is 5.54. The Hall–Kier alpha value is -2.86. The normalized spacial score (nSPS) is 12.9. The lowest BCUT2D eigenvalue weighted by molar-refractivity contribution is 0.101. The van der Waals surface area contributed by atoms with Crippen LogP contribution >= 0.6 is 11.3 Å². The van der Waals surface area contributed by atoms with Gasteiger partial charge < -0.3 is 5.32 Å². The zero-order chi connectivity index (χ0) is 14.9. The maximum Gasteiger partial charge on any atom is 0.278 e. The lowest BCUT2D eigenvalue weighted by Gasteiger charge is -2.07. The van der Waals surface area contributed by atoms with E-state index in [0.29, 0.717) is 11.4 Å². The smallest absolute Gasteiger partial charge is 0.278 e. The number of hydrogen-bond acceptors (Lipinski definition) is 5. The van der Waals surface area contributed by atoms with E-state index in [2.05, 4.69) is 20.3 Å². The predicted octanol–water partition coefficient (Wildman–Crippen LogP) is 3.27. The number of fused-ring (bicyclic) bond motifs is 1. The number of nitrogens with zero attached hydrogens (tertiary/aromatic N) is 3. The average molecular weight is 306 g/mol. The van der Waals surface area contributed by atoms with Crippen molar-refractivity contribution in [2.75, 3.05) is 5.32 Å². The summed E-state index contributed by atoms with van der Waals surface area (Å²) < 4.78 is 0. The molecule has 22 heavy (non-hydrogen) atoms. The summed E-state index contributed by atoms with van der Waals surface area (Å²) in [5, 5.41) is 7.17. The number of thiophene rings is 1. The topological polar surface area (TPSA) is 67.2 Å². The van der Waals surface area contributed by atoms with E-state index in [9.17, 15) is 4.79 Å². The molecule has 0 saturated carbocycles. The molecule has 5 nitrogen and oxygen atoms in total. The van der Waals surface area contributed by atoms with Crippen LogP contribution in [0.25, 0.3) is 0 Å². The van der Waals surface area contributed by atoms with Crippen LogP contribution in [-0.2, 0) is 0 Å². The van der Waals surface area contributed by atoms with Gasteiger partial charge in [-0.3, -0.25) is 4.79 Å². The highest BCUT2D eigenvalue weighted by atomic mass is 32.1. The fraction of sp³-hybridized carbons (Fsp3) is 0. The highest BCUT2D eigenvalue weighted by molar-refractivity contribution is 7.08. The molecule has 0 aliphatic carbocycles. The Kier molecular flexibility index (Phi) is 3.01. The van der Waals surface area contributed by atoms with Crippen molar-refractivity contribution < 1.29 is 4.79 Å². The summed E-state index contributed by atoms with van der Waals surface area (Å²) in [5.41, 5.74) is 4.04. The highest BCUT2D eigenvalue weighted by Gasteiger charge is 2.24. The van der Waals surface area contributed by atoms with Crippen LogP contribution < -0.4 is 5.32 Å². The van der Waals surface area contributed by atoms with Gasteiger partial charge in [0.1, 0.15) is 12.1 Å². The standard InChI is InChI=1S/C16H10N4OS/c21-16-12-2-1-11(19-14-3-5-17-9-18-14)7-13(12)15(20-16)10-4-6-22-8-10/h1-9H,(H,17,18,19). The molecule has 1 aliphatic heterocycles. The van der Waals surface area contributed by atoms with Crippen LogP contribution in [0.15, 0.2) is 58.6 Å². The number of aliphatic imine (C=N–C) groups is 1. The van der Waals surface area contributed by atoms with Crippen molar-refractivity contribution in [1.29, 1.82) is 0 Å². The third-order valence-electron chi connectivity index (χ3n) is 3.37. The predicted molar refractivity (Wildman–Crippen MR) is 86.0 cm³/mol. The molecule has 0 spiro atoms. The molecule has 1 aromatic carbocycles. The Morgan fingerprint density at radius 2 is 2.05 bits per heavy atom.